The smallest absolute Gasteiger partial charge is 0.171 e. The van der Waals surface area contributed by atoms with Crippen LogP contribution in [0.1, 0.15) is 32.1 Å². The predicted octanol–water partition coefficient (Wildman–Crippen LogP) is 4.85. The van der Waals surface area contributed by atoms with Gasteiger partial charge in [-0.1, -0.05) is 49.2 Å². The van der Waals surface area contributed by atoms with E-state index in [9.17, 15) is 0 Å². The summed E-state index contributed by atoms with van der Waals surface area (Å²) < 4.78 is 0. The second-order valence-electron chi connectivity index (χ2n) is 5.73. The fourth-order valence-electron chi connectivity index (χ4n) is 2.72. The lowest BCUT2D eigenvalue weighted by Crippen LogP contribution is -2.38. The van der Waals surface area contributed by atoms with Gasteiger partial charge in [-0.15, -0.1) is 0 Å². The molecule has 0 aliphatic heterocycles. The van der Waals surface area contributed by atoms with Crippen molar-refractivity contribution in [2.24, 2.45) is 0 Å². The van der Waals surface area contributed by atoms with Crippen LogP contribution in [0.2, 0.25) is 0 Å². The van der Waals surface area contributed by atoms with Crippen molar-refractivity contribution in [2.45, 2.75) is 48.1 Å². The molecule has 0 unspecified atom stereocenters. The predicted molar refractivity (Wildman–Crippen MR) is 101 cm³/mol. The summed E-state index contributed by atoms with van der Waals surface area (Å²) in [6.45, 7) is 0. The van der Waals surface area contributed by atoms with Gasteiger partial charge in [0, 0.05) is 10.9 Å². The van der Waals surface area contributed by atoms with Crippen LogP contribution < -0.4 is 10.6 Å². The molecule has 2 aromatic rings. The molecule has 1 aliphatic carbocycles. The molecule has 1 aliphatic rings. The highest BCUT2D eigenvalue weighted by Gasteiger charge is 2.13. The highest BCUT2D eigenvalue weighted by molar-refractivity contribution is 7.99. The van der Waals surface area contributed by atoms with Crippen molar-refractivity contribution in [3.8, 4) is 0 Å². The number of rotatable bonds is 4. The molecule has 120 valence electrons. The van der Waals surface area contributed by atoms with Crippen molar-refractivity contribution in [1.82, 2.24) is 10.3 Å². The van der Waals surface area contributed by atoms with Gasteiger partial charge in [-0.3, -0.25) is 0 Å². The van der Waals surface area contributed by atoms with Crippen LogP contribution in [0.15, 0.2) is 58.6 Å². The molecule has 5 heteroatoms. The molecule has 3 nitrogen and oxygen atoms in total. The van der Waals surface area contributed by atoms with Crippen LogP contribution >= 0.6 is 24.0 Å². The average Bonchev–Trinajstić information content (AvgIpc) is 2.58. The Morgan fingerprint density at radius 1 is 1.04 bits per heavy atom. The number of hydrogen-bond acceptors (Lipinski definition) is 3. The number of hydrogen-bond donors (Lipinski definition) is 2. The molecule has 0 radical (unpaired) electrons. The van der Waals surface area contributed by atoms with Gasteiger partial charge in [0.05, 0.1) is 11.9 Å². The molecule has 23 heavy (non-hydrogen) atoms. The summed E-state index contributed by atoms with van der Waals surface area (Å²) in [5.74, 6) is 0. The largest absolute Gasteiger partial charge is 0.360 e. The molecule has 1 saturated carbocycles. The van der Waals surface area contributed by atoms with Crippen LogP contribution in [0.3, 0.4) is 0 Å². The van der Waals surface area contributed by atoms with Gasteiger partial charge in [0.15, 0.2) is 5.11 Å². The monoisotopic (exact) mass is 343 g/mol. The Morgan fingerprint density at radius 3 is 2.52 bits per heavy atom. The second-order valence-corrected chi connectivity index (χ2v) is 7.24. The molecule has 3 rings (SSSR count). The summed E-state index contributed by atoms with van der Waals surface area (Å²) in [4.78, 5) is 5.68. The molecule has 0 atom stereocenters. The Kier molecular flexibility index (Phi) is 5.88. The Hall–Kier alpha value is -1.59. The number of anilines is 1. The van der Waals surface area contributed by atoms with Crippen LogP contribution in [0.4, 0.5) is 5.69 Å². The van der Waals surface area contributed by atoms with Gasteiger partial charge in [-0.2, -0.15) is 0 Å². The molecular weight excluding hydrogens is 322 g/mol. The number of thiocarbonyl (C=S) groups is 1. The first-order chi connectivity index (χ1) is 11.3. The van der Waals surface area contributed by atoms with E-state index in [-0.39, 0.29) is 0 Å². The number of aromatic nitrogens is 1. The van der Waals surface area contributed by atoms with Crippen molar-refractivity contribution in [3.05, 3.63) is 48.7 Å². The zero-order chi connectivity index (χ0) is 15.9. The highest BCUT2D eigenvalue weighted by atomic mass is 32.2. The van der Waals surface area contributed by atoms with Crippen molar-refractivity contribution >= 4 is 34.8 Å². The zero-order valence-corrected chi connectivity index (χ0v) is 14.6. The lowest BCUT2D eigenvalue weighted by molar-refractivity contribution is 0.415. The Balaban J connectivity index is 1.51. The maximum atomic E-state index is 5.40. The van der Waals surface area contributed by atoms with Gasteiger partial charge >= 0.3 is 0 Å². The van der Waals surface area contributed by atoms with Gasteiger partial charge in [-0.05, 0) is 49.3 Å². The van der Waals surface area contributed by atoms with Gasteiger partial charge in [0.25, 0.3) is 0 Å². The minimum absolute atomic E-state index is 0.518. The molecule has 1 fully saturated rings. The number of nitrogens with zero attached hydrogens (tertiary/aromatic N) is 1. The quantitative estimate of drug-likeness (QED) is 0.776. The van der Waals surface area contributed by atoms with Crippen LogP contribution in [-0.4, -0.2) is 16.1 Å². The third-order valence-corrected chi connectivity index (χ3v) is 5.08. The van der Waals surface area contributed by atoms with Gasteiger partial charge < -0.3 is 10.6 Å². The maximum absolute atomic E-state index is 5.40. The molecule has 1 aromatic heterocycles. The standard InChI is InChI=1S/C18H21N3S2/c22-18(20-14-7-3-1-4-8-14)21-15-11-12-17(19-13-15)23-16-9-5-2-6-10-16/h2,5-6,9-14H,1,3-4,7-8H2,(H2,20,21,22). The topological polar surface area (TPSA) is 37.0 Å². The van der Waals surface area contributed by atoms with Crippen LogP contribution in [-0.2, 0) is 0 Å². The third kappa shape index (κ3) is 5.22. The zero-order valence-electron chi connectivity index (χ0n) is 13.0. The summed E-state index contributed by atoms with van der Waals surface area (Å²) in [7, 11) is 0. The number of benzene rings is 1. The highest BCUT2D eigenvalue weighted by Crippen LogP contribution is 2.26. The molecule has 1 heterocycles. The molecule has 0 bridgehead atoms. The first kappa shape index (κ1) is 16.3. The third-order valence-electron chi connectivity index (χ3n) is 3.90. The van der Waals surface area contributed by atoms with Gasteiger partial charge in [0.2, 0.25) is 0 Å². The average molecular weight is 344 g/mol. The Morgan fingerprint density at radius 2 is 1.83 bits per heavy atom. The summed E-state index contributed by atoms with van der Waals surface area (Å²) >= 11 is 7.06. The summed E-state index contributed by atoms with van der Waals surface area (Å²) in [6.07, 6.45) is 8.21. The van der Waals surface area contributed by atoms with Gasteiger partial charge in [0.1, 0.15) is 5.03 Å². The molecule has 0 spiro atoms. The Labute approximate surface area is 147 Å². The van der Waals surface area contributed by atoms with Crippen molar-refractivity contribution < 1.29 is 0 Å². The summed E-state index contributed by atoms with van der Waals surface area (Å²) in [5, 5.41) is 8.31. The first-order valence-corrected chi connectivity index (χ1v) is 9.28. The minimum Gasteiger partial charge on any atom is -0.360 e. The minimum atomic E-state index is 0.518. The van der Waals surface area contributed by atoms with E-state index in [1.54, 1.807) is 11.8 Å². The van der Waals surface area contributed by atoms with Crippen molar-refractivity contribution in [2.75, 3.05) is 5.32 Å². The molecule has 1 aromatic carbocycles. The summed E-state index contributed by atoms with van der Waals surface area (Å²) in [5.41, 5.74) is 0.927. The van der Waals surface area contributed by atoms with Crippen molar-refractivity contribution in [1.29, 1.82) is 0 Å². The number of nitrogens with one attached hydrogen (secondary N) is 2. The van der Waals surface area contributed by atoms with Gasteiger partial charge in [-0.25, -0.2) is 4.98 Å². The van der Waals surface area contributed by atoms with E-state index in [1.807, 2.05) is 36.5 Å². The molecular formula is C18H21N3S2. The fourth-order valence-corrected chi connectivity index (χ4v) is 3.78. The fraction of sp³-hybridized carbons (Fsp3) is 0.333. The normalized spacial score (nSPS) is 15.1. The summed E-state index contributed by atoms with van der Waals surface area (Å²) in [6, 6.07) is 14.8. The van der Waals surface area contributed by atoms with E-state index in [4.69, 9.17) is 12.2 Å². The molecule has 2 N–H and O–H groups in total. The van der Waals surface area contributed by atoms with E-state index in [0.717, 1.165) is 10.7 Å². The lowest BCUT2D eigenvalue weighted by Gasteiger charge is -2.24. The van der Waals surface area contributed by atoms with E-state index in [2.05, 4.69) is 27.8 Å². The van der Waals surface area contributed by atoms with Crippen LogP contribution in [0.25, 0.3) is 0 Å². The molecule has 0 saturated heterocycles. The maximum Gasteiger partial charge on any atom is 0.171 e. The first-order valence-electron chi connectivity index (χ1n) is 8.06. The second kappa shape index (κ2) is 8.31. The van der Waals surface area contributed by atoms with Crippen LogP contribution in [0.5, 0.6) is 0 Å². The molecule has 0 amide bonds. The van der Waals surface area contributed by atoms with E-state index >= 15 is 0 Å². The van der Waals surface area contributed by atoms with E-state index in [1.165, 1.54) is 37.0 Å². The van der Waals surface area contributed by atoms with Crippen molar-refractivity contribution in [3.63, 3.8) is 0 Å². The number of pyridine rings is 1. The van der Waals surface area contributed by atoms with E-state index < -0.39 is 0 Å². The SMILES string of the molecule is S=C(Nc1ccc(Sc2ccccc2)nc1)NC1CCCCC1. The van der Waals surface area contributed by atoms with Crippen LogP contribution in [0, 0.1) is 0 Å². The Bertz CT molecular complexity index is 622. The van der Waals surface area contributed by atoms with E-state index in [0.29, 0.717) is 11.2 Å². The lowest BCUT2D eigenvalue weighted by atomic mass is 9.96.